The number of halogens is 1. The molecule has 1 atom stereocenters. The highest BCUT2D eigenvalue weighted by Crippen LogP contribution is 2.17. The summed E-state index contributed by atoms with van der Waals surface area (Å²) in [6.07, 6.45) is 0.0902. The minimum atomic E-state index is -0.673. The van der Waals surface area contributed by atoms with Crippen LogP contribution in [0.25, 0.3) is 0 Å². The van der Waals surface area contributed by atoms with Gasteiger partial charge < -0.3 is 10.4 Å². The number of aliphatic hydroxyl groups excluding tert-OH is 1. The lowest BCUT2D eigenvalue weighted by molar-refractivity contribution is -0.121. The molecule has 2 N–H and O–H groups in total. The Morgan fingerprint density at radius 2 is 2.20 bits per heavy atom. The number of rotatable bonds is 6. The second kappa shape index (κ2) is 7.17. The topological polar surface area (TPSA) is 49.3 Å². The van der Waals surface area contributed by atoms with Gasteiger partial charge in [-0.15, -0.1) is 11.3 Å². The molecule has 0 bridgehead atoms. The number of carbonyl (C=O) groups is 1. The highest BCUT2D eigenvalue weighted by atomic mass is 32.1. The normalized spacial score (nSPS) is 12.1. The van der Waals surface area contributed by atoms with Crippen LogP contribution in [-0.4, -0.2) is 17.6 Å². The van der Waals surface area contributed by atoms with Crippen LogP contribution < -0.4 is 5.32 Å². The molecule has 106 valence electrons. The lowest BCUT2D eigenvalue weighted by Crippen LogP contribution is -2.28. The average Bonchev–Trinajstić information content (AvgIpc) is 2.97. The highest BCUT2D eigenvalue weighted by Gasteiger charge is 2.10. The lowest BCUT2D eigenvalue weighted by atomic mass is 10.1. The summed E-state index contributed by atoms with van der Waals surface area (Å²) in [6, 6.07) is 9.90. The van der Waals surface area contributed by atoms with Crippen LogP contribution in [0.2, 0.25) is 0 Å². The molecule has 0 saturated carbocycles. The van der Waals surface area contributed by atoms with Crippen molar-refractivity contribution in [1.29, 1.82) is 0 Å². The fraction of sp³-hybridized carbons (Fsp3) is 0.267. The highest BCUT2D eigenvalue weighted by molar-refractivity contribution is 7.10. The van der Waals surface area contributed by atoms with Crippen LogP contribution in [-0.2, 0) is 11.2 Å². The molecule has 1 aromatic heterocycles. The maximum Gasteiger partial charge on any atom is 0.220 e. The van der Waals surface area contributed by atoms with Gasteiger partial charge in [0.05, 0.1) is 0 Å². The number of thiophene rings is 1. The van der Waals surface area contributed by atoms with Crippen LogP contribution in [0, 0.1) is 5.82 Å². The summed E-state index contributed by atoms with van der Waals surface area (Å²) in [6.45, 7) is 0.197. The van der Waals surface area contributed by atoms with Crippen molar-refractivity contribution in [3.63, 3.8) is 0 Å². The van der Waals surface area contributed by atoms with Gasteiger partial charge in [0.25, 0.3) is 0 Å². The van der Waals surface area contributed by atoms with E-state index in [4.69, 9.17) is 0 Å². The van der Waals surface area contributed by atoms with Crippen LogP contribution in [0.1, 0.15) is 23.0 Å². The van der Waals surface area contributed by atoms with Gasteiger partial charge in [-0.1, -0.05) is 18.2 Å². The second-order valence-corrected chi connectivity index (χ2v) is 5.44. The zero-order valence-electron chi connectivity index (χ0n) is 10.9. The monoisotopic (exact) mass is 293 g/mol. The van der Waals surface area contributed by atoms with E-state index >= 15 is 0 Å². The van der Waals surface area contributed by atoms with Crippen molar-refractivity contribution in [1.82, 2.24) is 5.32 Å². The number of hydrogen-bond donors (Lipinski definition) is 2. The van der Waals surface area contributed by atoms with Crippen LogP contribution >= 0.6 is 11.3 Å². The molecule has 20 heavy (non-hydrogen) atoms. The van der Waals surface area contributed by atoms with E-state index in [1.807, 2.05) is 17.5 Å². The Morgan fingerprint density at radius 1 is 1.35 bits per heavy atom. The van der Waals surface area contributed by atoms with Crippen LogP contribution in [0.3, 0.4) is 0 Å². The Kier molecular flexibility index (Phi) is 5.26. The van der Waals surface area contributed by atoms with Crippen LogP contribution in [0.5, 0.6) is 0 Å². The molecule has 0 aliphatic rings. The van der Waals surface area contributed by atoms with Crippen molar-refractivity contribution in [3.8, 4) is 0 Å². The molecule has 0 saturated heterocycles. The molecular formula is C15H16FNO2S. The van der Waals surface area contributed by atoms with E-state index in [1.165, 1.54) is 23.5 Å². The van der Waals surface area contributed by atoms with Gasteiger partial charge in [0.2, 0.25) is 5.91 Å². The van der Waals surface area contributed by atoms with Crippen molar-refractivity contribution in [2.24, 2.45) is 0 Å². The van der Waals surface area contributed by atoms with Gasteiger partial charge in [0, 0.05) is 17.8 Å². The minimum Gasteiger partial charge on any atom is -0.386 e. The summed E-state index contributed by atoms with van der Waals surface area (Å²) in [5.41, 5.74) is 0.791. The maximum absolute atomic E-state index is 13.0. The Labute approximate surface area is 121 Å². The average molecular weight is 293 g/mol. The minimum absolute atomic E-state index is 0.148. The number of aryl methyl sites for hydroxylation is 1. The van der Waals surface area contributed by atoms with Crippen molar-refractivity contribution in [3.05, 3.63) is 58.0 Å². The molecule has 5 heteroatoms. The van der Waals surface area contributed by atoms with Gasteiger partial charge >= 0.3 is 0 Å². The SMILES string of the molecule is O=C(CCc1cccc(F)c1)NCC(O)c1cccs1. The maximum atomic E-state index is 13.0. The first-order chi connectivity index (χ1) is 9.65. The second-order valence-electron chi connectivity index (χ2n) is 4.47. The number of aliphatic hydroxyl groups is 1. The lowest BCUT2D eigenvalue weighted by Gasteiger charge is -2.10. The van der Waals surface area contributed by atoms with E-state index in [0.29, 0.717) is 6.42 Å². The fourth-order valence-electron chi connectivity index (χ4n) is 1.83. The third-order valence-corrected chi connectivity index (χ3v) is 3.87. The predicted octanol–water partition coefficient (Wildman–Crippen LogP) is 2.67. The zero-order valence-corrected chi connectivity index (χ0v) is 11.7. The van der Waals surface area contributed by atoms with Crippen molar-refractivity contribution >= 4 is 17.2 Å². The molecule has 1 heterocycles. The predicted molar refractivity (Wildman–Crippen MR) is 77.0 cm³/mol. The third-order valence-electron chi connectivity index (χ3n) is 2.89. The van der Waals surface area contributed by atoms with Gasteiger partial charge in [-0.3, -0.25) is 4.79 Å². The fourth-order valence-corrected chi connectivity index (χ4v) is 2.54. The molecule has 1 amide bonds. The summed E-state index contributed by atoms with van der Waals surface area (Å²) in [7, 11) is 0. The van der Waals surface area contributed by atoms with E-state index in [1.54, 1.807) is 12.1 Å². The van der Waals surface area contributed by atoms with Crippen molar-refractivity contribution < 1.29 is 14.3 Å². The number of amides is 1. The number of nitrogens with one attached hydrogen (secondary N) is 1. The van der Waals surface area contributed by atoms with Gasteiger partial charge in [-0.2, -0.15) is 0 Å². The van der Waals surface area contributed by atoms with Gasteiger partial charge in [0.15, 0.2) is 0 Å². The quantitative estimate of drug-likeness (QED) is 0.860. The molecule has 1 unspecified atom stereocenters. The van der Waals surface area contributed by atoms with Crippen LogP contribution in [0.15, 0.2) is 41.8 Å². The van der Waals surface area contributed by atoms with E-state index in [2.05, 4.69) is 5.32 Å². The first kappa shape index (κ1) is 14.7. The molecule has 2 aromatic rings. The van der Waals surface area contributed by atoms with E-state index in [0.717, 1.165) is 10.4 Å². The summed E-state index contributed by atoms with van der Waals surface area (Å²) in [5, 5.41) is 14.4. The Bertz CT molecular complexity index is 557. The zero-order chi connectivity index (χ0) is 14.4. The summed E-state index contributed by atoms with van der Waals surface area (Å²) in [5.74, 6) is -0.444. The van der Waals surface area contributed by atoms with Crippen molar-refractivity contribution in [2.45, 2.75) is 18.9 Å². The molecule has 0 spiro atoms. The largest absolute Gasteiger partial charge is 0.386 e. The molecular weight excluding hydrogens is 277 g/mol. The van der Waals surface area contributed by atoms with E-state index in [9.17, 15) is 14.3 Å². The Hall–Kier alpha value is -1.72. The van der Waals surface area contributed by atoms with Crippen LogP contribution in [0.4, 0.5) is 4.39 Å². The molecule has 0 fully saturated rings. The number of carbonyl (C=O) groups excluding carboxylic acids is 1. The van der Waals surface area contributed by atoms with E-state index in [-0.39, 0.29) is 24.7 Å². The first-order valence-corrected chi connectivity index (χ1v) is 7.26. The number of benzene rings is 1. The first-order valence-electron chi connectivity index (χ1n) is 6.38. The van der Waals surface area contributed by atoms with Gasteiger partial charge in [-0.25, -0.2) is 4.39 Å². The molecule has 0 aliphatic carbocycles. The van der Waals surface area contributed by atoms with E-state index < -0.39 is 6.10 Å². The smallest absolute Gasteiger partial charge is 0.220 e. The molecule has 3 nitrogen and oxygen atoms in total. The van der Waals surface area contributed by atoms with Gasteiger partial charge in [0.1, 0.15) is 11.9 Å². The molecule has 0 radical (unpaired) electrons. The summed E-state index contributed by atoms with van der Waals surface area (Å²) in [4.78, 5) is 12.5. The molecule has 2 rings (SSSR count). The Balaban J connectivity index is 1.73. The summed E-state index contributed by atoms with van der Waals surface area (Å²) >= 11 is 1.45. The Morgan fingerprint density at radius 3 is 2.90 bits per heavy atom. The standard InChI is InChI=1S/C15H16FNO2S/c16-12-4-1-3-11(9-12)6-7-15(19)17-10-13(18)14-5-2-8-20-14/h1-5,8-9,13,18H,6-7,10H2,(H,17,19). The number of hydrogen-bond acceptors (Lipinski definition) is 3. The molecule has 0 aliphatic heterocycles. The van der Waals surface area contributed by atoms with Gasteiger partial charge in [-0.05, 0) is 35.6 Å². The third kappa shape index (κ3) is 4.43. The molecule has 1 aromatic carbocycles. The summed E-state index contributed by atoms with van der Waals surface area (Å²) < 4.78 is 13.0. The van der Waals surface area contributed by atoms with Crippen molar-refractivity contribution in [2.75, 3.05) is 6.54 Å².